The standard InChI is InChI=1S/C14H10N6S/c15-12-11-9(8-4-2-1-3-5-8)6-16-14(11)19-13(18-12)10-7-17-20-21-10/h1-7H,(H3,15,16,18,19). The molecule has 6 nitrogen and oxygen atoms in total. The Labute approximate surface area is 123 Å². The molecule has 0 fully saturated rings. The zero-order valence-corrected chi connectivity index (χ0v) is 11.6. The minimum absolute atomic E-state index is 0.448. The van der Waals surface area contributed by atoms with Gasteiger partial charge in [-0.2, -0.15) is 0 Å². The first-order valence-corrected chi connectivity index (χ1v) is 7.08. The molecular formula is C14H10N6S. The molecule has 4 rings (SSSR count). The lowest BCUT2D eigenvalue weighted by atomic mass is 10.1. The van der Waals surface area contributed by atoms with E-state index in [1.54, 1.807) is 6.20 Å². The van der Waals surface area contributed by atoms with Gasteiger partial charge in [0.25, 0.3) is 0 Å². The van der Waals surface area contributed by atoms with Crippen LogP contribution in [0.25, 0.3) is 32.9 Å². The Morgan fingerprint density at radius 1 is 1.10 bits per heavy atom. The van der Waals surface area contributed by atoms with Gasteiger partial charge in [0.15, 0.2) is 5.82 Å². The zero-order valence-electron chi connectivity index (χ0n) is 10.8. The van der Waals surface area contributed by atoms with Crippen LogP contribution in [-0.2, 0) is 0 Å². The number of H-pyrrole nitrogens is 1. The van der Waals surface area contributed by atoms with Gasteiger partial charge in [-0.1, -0.05) is 34.8 Å². The number of hydrogen-bond donors (Lipinski definition) is 2. The molecule has 0 aliphatic carbocycles. The maximum absolute atomic E-state index is 6.14. The summed E-state index contributed by atoms with van der Waals surface area (Å²) in [5.74, 6) is 0.986. The Balaban J connectivity index is 1.94. The number of nitrogen functional groups attached to an aromatic ring is 1. The second-order valence-corrected chi connectivity index (χ2v) is 5.29. The van der Waals surface area contributed by atoms with E-state index in [2.05, 4.69) is 24.5 Å². The molecule has 0 aliphatic rings. The van der Waals surface area contributed by atoms with E-state index in [0.717, 1.165) is 21.4 Å². The van der Waals surface area contributed by atoms with Crippen molar-refractivity contribution in [1.82, 2.24) is 24.5 Å². The van der Waals surface area contributed by atoms with Crippen molar-refractivity contribution in [3.8, 4) is 21.8 Å². The van der Waals surface area contributed by atoms with E-state index in [1.807, 2.05) is 36.5 Å². The number of nitrogens with zero attached hydrogens (tertiary/aromatic N) is 4. The summed E-state index contributed by atoms with van der Waals surface area (Å²) in [6.45, 7) is 0. The van der Waals surface area contributed by atoms with Gasteiger partial charge in [-0.3, -0.25) is 0 Å². The molecule has 3 heterocycles. The van der Waals surface area contributed by atoms with Crippen LogP contribution in [0.1, 0.15) is 0 Å². The average molecular weight is 294 g/mol. The van der Waals surface area contributed by atoms with Gasteiger partial charge in [0, 0.05) is 11.8 Å². The van der Waals surface area contributed by atoms with Gasteiger partial charge in [0.05, 0.1) is 11.6 Å². The number of benzene rings is 1. The molecule has 0 atom stereocenters. The van der Waals surface area contributed by atoms with Crippen LogP contribution in [0.4, 0.5) is 5.82 Å². The first-order valence-electron chi connectivity index (χ1n) is 6.30. The largest absolute Gasteiger partial charge is 0.383 e. The number of anilines is 1. The third kappa shape index (κ3) is 1.95. The van der Waals surface area contributed by atoms with Crippen molar-refractivity contribution in [2.45, 2.75) is 0 Å². The Morgan fingerprint density at radius 2 is 1.95 bits per heavy atom. The van der Waals surface area contributed by atoms with E-state index in [9.17, 15) is 0 Å². The molecule has 0 unspecified atom stereocenters. The van der Waals surface area contributed by atoms with E-state index in [4.69, 9.17) is 5.73 Å². The predicted octanol–water partition coefficient (Wildman–Crippen LogP) is 2.73. The number of nitrogens with one attached hydrogen (secondary N) is 1. The lowest BCUT2D eigenvalue weighted by Gasteiger charge is -2.03. The highest BCUT2D eigenvalue weighted by atomic mass is 32.1. The average Bonchev–Trinajstić information content (AvgIpc) is 3.17. The van der Waals surface area contributed by atoms with Crippen molar-refractivity contribution < 1.29 is 0 Å². The molecule has 4 aromatic rings. The maximum atomic E-state index is 6.14. The topological polar surface area (TPSA) is 93.4 Å². The highest BCUT2D eigenvalue weighted by molar-refractivity contribution is 7.09. The number of nitrogens with two attached hydrogens (primary N) is 1. The summed E-state index contributed by atoms with van der Waals surface area (Å²) < 4.78 is 3.82. The normalized spacial score (nSPS) is 11.0. The first kappa shape index (κ1) is 12.0. The summed E-state index contributed by atoms with van der Waals surface area (Å²) in [5.41, 5.74) is 8.92. The van der Waals surface area contributed by atoms with Crippen molar-refractivity contribution in [2.75, 3.05) is 5.73 Å². The van der Waals surface area contributed by atoms with Crippen molar-refractivity contribution in [1.29, 1.82) is 0 Å². The van der Waals surface area contributed by atoms with Gasteiger partial charge < -0.3 is 10.7 Å². The molecule has 0 aliphatic heterocycles. The highest BCUT2D eigenvalue weighted by Gasteiger charge is 2.14. The van der Waals surface area contributed by atoms with Crippen LogP contribution in [-0.4, -0.2) is 24.5 Å². The van der Waals surface area contributed by atoms with E-state index >= 15 is 0 Å². The molecular weight excluding hydrogens is 284 g/mol. The van der Waals surface area contributed by atoms with Crippen molar-refractivity contribution in [3.05, 3.63) is 42.7 Å². The summed E-state index contributed by atoms with van der Waals surface area (Å²) >= 11 is 1.24. The monoisotopic (exact) mass is 294 g/mol. The van der Waals surface area contributed by atoms with Gasteiger partial charge in [0.2, 0.25) is 0 Å². The van der Waals surface area contributed by atoms with Crippen LogP contribution in [0.2, 0.25) is 0 Å². The van der Waals surface area contributed by atoms with Gasteiger partial charge in [-0.15, -0.1) is 5.10 Å². The quantitative estimate of drug-likeness (QED) is 0.593. The fourth-order valence-corrected chi connectivity index (χ4v) is 2.73. The lowest BCUT2D eigenvalue weighted by molar-refractivity contribution is 1.15. The molecule has 0 spiro atoms. The highest BCUT2D eigenvalue weighted by Crippen LogP contribution is 2.32. The second kappa shape index (κ2) is 4.64. The summed E-state index contributed by atoms with van der Waals surface area (Å²) in [6.07, 6.45) is 3.53. The van der Waals surface area contributed by atoms with Crippen LogP contribution in [0.5, 0.6) is 0 Å². The molecule has 0 amide bonds. The minimum atomic E-state index is 0.448. The van der Waals surface area contributed by atoms with E-state index in [-0.39, 0.29) is 0 Å². The summed E-state index contributed by atoms with van der Waals surface area (Å²) in [4.78, 5) is 12.8. The maximum Gasteiger partial charge on any atom is 0.177 e. The number of hydrogen-bond acceptors (Lipinski definition) is 6. The van der Waals surface area contributed by atoms with E-state index in [0.29, 0.717) is 17.3 Å². The van der Waals surface area contributed by atoms with Crippen molar-refractivity contribution in [2.24, 2.45) is 0 Å². The molecule has 0 bridgehead atoms. The predicted molar refractivity (Wildman–Crippen MR) is 82.6 cm³/mol. The minimum Gasteiger partial charge on any atom is -0.383 e. The Kier molecular flexibility index (Phi) is 2.65. The van der Waals surface area contributed by atoms with Crippen LogP contribution in [0, 0.1) is 0 Å². The fourth-order valence-electron chi connectivity index (χ4n) is 2.28. The molecule has 7 heteroatoms. The van der Waals surface area contributed by atoms with Crippen LogP contribution >= 0.6 is 11.5 Å². The third-order valence-corrected chi connectivity index (χ3v) is 3.89. The third-order valence-electron chi connectivity index (χ3n) is 3.23. The smallest absolute Gasteiger partial charge is 0.177 e. The number of aromatic amines is 1. The summed E-state index contributed by atoms with van der Waals surface area (Å²) in [5, 5.41) is 4.63. The fraction of sp³-hybridized carbons (Fsp3) is 0. The first-order chi connectivity index (χ1) is 10.3. The Morgan fingerprint density at radius 3 is 2.71 bits per heavy atom. The SMILES string of the molecule is Nc1nc(-c2cnns2)nc2[nH]cc(-c3ccccc3)c12. The molecule has 1 aromatic carbocycles. The van der Waals surface area contributed by atoms with Gasteiger partial charge in [-0.05, 0) is 17.1 Å². The van der Waals surface area contributed by atoms with Crippen molar-refractivity contribution in [3.63, 3.8) is 0 Å². The van der Waals surface area contributed by atoms with Gasteiger partial charge in [-0.25, -0.2) is 9.97 Å². The zero-order chi connectivity index (χ0) is 14.2. The van der Waals surface area contributed by atoms with Gasteiger partial charge >= 0.3 is 0 Å². The van der Waals surface area contributed by atoms with Gasteiger partial charge in [0.1, 0.15) is 16.3 Å². The van der Waals surface area contributed by atoms with Crippen LogP contribution in [0.3, 0.4) is 0 Å². The van der Waals surface area contributed by atoms with Crippen LogP contribution < -0.4 is 5.73 Å². The molecule has 3 N–H and O–H groups in total. The number of rotatable bonds is 2. The van der Waals surface area contributed by atoms with E-state index in [1.165, 1.54) is 11.5 Å². The molecule has 0 radical (unpaired) electrons. The molecule has 0 saturated heterocycles. The number of aromatic nitrogens is 5. The molecule has 0 saturated carbocycles. The van der Waals surface area contributed by atoms with Crippen LogP contribution in [0.15, 0.2) is 42.7 Å². The lowest BCUT2D eigenvalue weighted by Crippen LogP contribution is -1.96. The Hall–Kier alpha value is -2.80. The van der Waals surface area contributed by atoms with Crippen molar-refractivity contribution >= 4 is 28.4 Å². The molecule has 3 aromatic heterocycles. The summed E-state index contributed by atoms with van der Waals surface area (Å²) in [7, 11) is 0. The molecule has 21 heavy (non-hydrogen) atoms. The molecule has 102 valence electrons. The number of fused-ring (bicyclic) bond motifs is 1. The van der Waals surface area contributed by atoms with E-state index < -0.39 is 0 Å². The summed E-state index contributed by atoms with van der Waals surface area (Å²) in [6, 6.07) is 10.0. The Bertz CT molecular complexity index is 898. The second-order valence-electron chi connectivity index (χ2n) is 4.51.